The van der Waals surface area contributed by atoms with Crippen LogP contribution < -0.4 is 10.6 Å². The molecule has 1 spiro atoms. The van der Waals surface area contributed by atoms with Crippen molar-refractivity contribution in [1.82, 2.24) is 10.2 Å². The minimum atomic E-state index is -1.20. The summed E-state index contributed by atoms with van der Waals surface area (Å²) < 4.78 is 11.6. The summed E-state index contributed by atoms with van der Waals surface area (Å²) in [7, 11) is 1.60. The second kappa shape index (κ2) is 10.8. The van der Waals surface area contributed by atoms with E-state index in [-0.39, 0.29) is 23.8 Å². The molecular weight excluding hydrogens is 529 g/mol. The Kier molecular flexibility index (Phi) is 7.80. The van der Waals surface area contributed by atoms with Crippen molar-refractivity contribution >= 4 is 46.6 Å². The minimum Gasteiger partial charge on any atom is -0.385 e. The molecule has 3 aliphatic heterocycles. The Hall–Kier alpha value is -2.13. The average molecular weight is 565 g/mol. The molecule has 4 aliphatic rings. The molecule has 38 heavy (non-hydrogen) atoms. The zero-order chi connectivity index (χ0) is 27.2. The van der Waals surface area contributed by atoms with Gasteiger partial charge in [0.05, 0.1) is 17.9 Å². The molecule has 2 saturated heterocycles. The number of halogens is 2. The van der Waals surface area contributed by atoms with Gasteiger partial charge < -0.3 is 25.0 Å². The molecule has 0 aromatic heterocycles. The molecule has 2 N–H and O–H groups in total. The van der Waals surface area contributed by atoms with Gasteiger partial charge in [-0.05, 0) is 42.9 Å². The molecule has 8 nitrogen and oxygen atoms in total. The Labute approximate surface area is 233 Å². The van der Waals surface area contributed by atoms with Crippen LogP contribution in [-0.4, -0.2) is 66.7 Å². The second-order valence-electron chi connectivity index (χ2n) is 11.1. The molecule has 1 aromatic rings. The molecule has 1 saturated carbocycles. The van der Waals surface area contributed by atoms with Crippen LogP contribution in [0.15, 0.2) is 30.4 Å². The molecule has 1 aliphatic carbocycles. The van der Waals surface area contributed by atoms with Crippen LogP contribution in [0.3, 0.4) is 0 Å². The van der Waals surface area contributed by atoms with E-state index < -0.39 is 29.6 Å². The van der Waals surface area contributed by atoms with Crippen LogP contribution in [0.2, 0.25) is 10.0 Å². The summed E-state index contributed by atoms with van der Waals surface area (Å²) >= 11 is 12.2. The van der Waals surface area contributed by atoms with E-state index in [0.717, 1.165) is 19.3 Å². The van der Waals surface area contributed by atoms with E-state index in [1.807, 2.05) is 12.2 Å². The van der Waals surface area contributed by atoms with E-state index in [4.69, 9.17) is 32.7 Å². The Morgan fingerprint density at radius 2 is 1.89 bits per heavy atom. The van der Waals surface area contributed by atoms with Crippen molar-refractivity contribution in [3.05, 3.63) is 40.4 Å². The predicted octanol–water partition coefficient (Wildman–Crippen LogP) is 4.06. The zero-order valence-electron chi connectivity index (χ0n) is 21.9. The van der Waals surface area contributed by atoms with Crippen LogP contribution >= 0.6 is 23.2 Å². The van der Waals surface area contributed by atoms with E-state index in [0.29, 0.717) is 47.1 Å². The molecule has 206 valence electrons. The normalized spacial score (nSPS) is 35.4. The fraction of sp³-hybridized carbons (Fsp3) is 0.607. The number of anilines is 1. The summed E-state index contributed by atoms with van der Waals surface area (Å²) in [6.45, 7) is 5.17. The number of nitrogens with one attached hydrogen (secondary N) is 2. The minimum absolute atomic E-state index is 0.0342. The molecular formula is C28H35Cl2N3O5. The Morgan fingerprint density at radius 1 is 1.16 bits per heavy atom. The maximum absolute atomic E-state index is 13.9. The SMILES string of the molecule is COCCCN1C(=O)[C@H]2[C@H](C(=O)Nc3cc(Cl)cc(Cl)c3)[C@H]3C=C[C@@]2(O3)[C@@H]1C(=O)N[C@@H]1CCC[C@H](C)[C@H]1C. The predicted molar refractivity (Wildman–Crippen MR) is 145 cm³/mol. The van der Waals surface area contributed by atoms with E-state index in [2.05, 4.69) is 24.5 Å². The maximum atomic E-state index is 13.9. The standard InChI is InChI=1S/C28H35Cl2N3O5/c1-15-6-4-7-20(16(15)2)32-26(35)24-28-9-8-21(38-28)22(23(28)27(36)33(24)10-5-11-37-3)25(34)31-19-13-17(29)12-18(30)14-19/h8-9,12-16,20-24H,4-7,10-11H2,1-3H3,(H,31,34)(H,32,35)/t15-,16+,20+,21+,22+,23+,24-,28-/m0/s1. The topological polar surface area (TPSA) is 97.0 Å². The van der Waals surface area contributed by atoms with Crippen LogP contribution in [0.25, 0.3) is 0 Å². The highest BCUT2D eigenvalue weighted by Gasteiger charge is 2.72. The highest BCUT2D eigenvalue weighted by atomic mass is 35.5. The number of nitrogens with zero attached hydrogens (tertiary/aromatic N) is 1. The highest BCUT2D eigenvalue weighted by molar-refractivity contribution is 6.35. The number of carbonyl (C=O) groups is 3. The first kappa shape index (κ1) is 27.4. The van der Waals surface area contributed by atoms with Crippen molar-refractivity contribution in [1.29, 1.82) is 0 Å². The van der Waals surface area contributed by atoms with Crippen molar-refractivity contribution < 1.29 is 23.9 Å². The molecule has 10 heteroatoms. The van der Waals surface area contributed by atoms with E-state index in [1.165, 1.54) is 0 Å². The number of ether oxygens (including phenoxy) is 2. The summed E-state index contributed by atoms with van der Waals surface area (Å²) in [5.41, 5.74) is -0.762. The van der Waals surface area contributed by atoms with Gasteiger partial charge in [-0.2, -0.15) is 0 Å². The summed E-state index contributed by atoms with van der Waals surface area (Å²) in [6.07, 6.45) is 6.70. The summed E-state index contributed by atoms with van der Waals surface area (Å²) in [6, 6.07) is 3.95. The van der Waals surface area contributed by atoms with Crippen molar-refractivity contribution in [2.75, 3.05) is 25.6 Å². The Bertz CT molecular complexity index is 1130. The molecule has 0 unspecified atom stereocenters. The first-order valence-corrected chi connectivity index (χ1v) is 14.2. The van der Waals surface area contributed by atoms with E-state index in [1.54, 1.807) is 30.2 Å². The molecule has 3 fully saturated rings. The maximum Gasteiger partial charge on any atom is 0.246 e. The lowest BCUT2D eigenvalue weighted by atomic mass is 9.73. The first-order chi connectivity index (χ1) is 18.2. The number of methoxy groups -OCH3 is 1. The largest absolute Gasteiger partial charge is 0.385 e. The monoisotopic (exact) mass is 563 g/mol. The van der Waals surface area contributed by atoms with Gasteiger partial charge in [-0.15, -0.1) is 0 Å². The van der Waals surface area contributed by atoms with Crippen molar-refractivity contribution in [3.63, 3.8) is 0 Å². The Morgan fingerprint density at radius 3 is 2.61 bits per heavy atom. The smallest absolute Gasteiger partial charge is 0.246 e. The number of carbonyl (C=O) groups excluding carboxylic acids is 3. The summed E-state index contributed by atoms with van der Waals surface area (Å²) in [5, 5.41) is 6.89. The van der Waals surface area contributed by atoms with Gasteiger partial charge in [0.2, 0.25) is 17.7 Å². The number of fused-ring (bicyclic) bond motifs is 1. The Balaban J connectivity index is 1.43. The molecule has 0 radical (unpaired) electrons. The molecule has 3 amide bonds. The van der Waals surface area contributed by atoms with Crippen LogP contribution in [0.5, 0.6) is 0 Å². The lowest BCUT2D eigenvalue weighted by Crippen LogP contribution is -2.58. The quantitative estimate of drug-likeness (QED) is 0.367. The molecule has 1 aromatic carbocycles. The van der Waals surface area contributed by atoms with Gasteiger partial charge in [0, 0.05) is 42.0 Å². The van der Waals surface area contributed by atoms with Crippen LogP contribution in [0.1, 0.15) is 39.5 Å². The average Bonchev–Trinajstić information content (AvgIpc) is 3.49. The van der Waals surface area contributed by atoms with Crippen LogP contribution in [0, 0.1) is 23.7 Å². The molecule has 5 rings (SSSR count). The third kappa shape index (κ3) is 4.74. The number of rotatable bonds is 8. The number of hydrogen-bond donors (Lipinski definition) is 2. The highest BCUT2D eigenvalue weighted by Crippen LogP contribution is 2.55. The second-order valence-corrected chi connectivity index (χ2v) is 12.0. The fourth-order valence-electron chi connectivity index (χ4n) is 6.79. The van der Waals surface area contributed by atoms with Crippen LogP contribution in [-0.2, 0) is 23.9 Å². The van der Waals surface area contributed by atoms with Gasteiger partial charge in [0.15, 0.2) is 0 Å². The van der Waals surface area contributed by atoms with E-state index >= 15 is 0 Å². The van der Waals surface area contributed by atoms with Gasteiger partial charge in [-0.3, -0.25) is 14.4 Å². The molecule has 8 atom stereocenters. The summed E-state index contributed by atoms with van der Waals surface area (Å²) in [4.78, 5) is 43.0. The fourth-order valence-corrected chi connectivity index (χ4v) is 7.31. The number of likely N-dealkylation sites (tertiary alicyclic amines) is 1. The lowest BCUT2D eigenvalue weighted by molar-refractivity contribution is -0.141. The van der Waals surface area contributed by atoms with Gasteiger partial charge >= 0.3 is 0 Å². The number of benzene rings is 1. The number of hydrogen-bond acceptors (Lipinski definition) is 5. The third-order valence-corrected chi connectivity index (χ3v) is 9.27. The molecule has 3 heterocycles. The summed E-state index contributed by atoms with van der Waals surface area (Å²) in [5.74, 6) is -1.60. The van der Waals surface area contributed by atoms with Gasteiger partial charge in [-0.1, -0.05) is 62.0 Å². The van der Waals surface area contributed by atoms with E-state index in [9.17, 15) is 14.4 Å². The van der Waals surface area contributed by atoms with Crippen LogP contribution in [0.4, 0.5) is 5.69 Å². The zero-order valence-corrected chi connectivity index (χ0v) is 23.4. The first-order valence-electron chi connectivity index (χ1n) is 13.4. The van der Waals surface area contributed by atoms with Crippen molar-refractivity contribution in [2.45, 2.75) is 63.3 Å². The third-order valence-electron chi connectivity index (χ3n) is 8.84. The van der Waals surface area contributed by atoms with Crippen molar-refractivity contribution in [2.24, 2.45) is 23.7 Å². The van der Waals surface area contributed by atoms with Crippen molar-refractivity contribution in [3.8, 4) is 0 Å². The number of amides is 3. The lowest BCUT2D eigenvalue weighted by Gasteiger charge is -2.38. The van der Waals surface area contributed by atoms with Gasteiger partial charge in [-0.25, -0.2) is 0 Å². The van der Waals surface area contributed by atoms with Gasteiger partial charge in [0.1, 0.15) is 11.6 Å². The molecule has 2 bridgehead atoms. The van der Waals surface area contributed by atoms with Gasteiger partial charge in [0.25, 0.3) is 0 Å².